The number of halogens is 1. The molecule has 26 heavy (non-hydrogen) atoms. The zero-order chi connectivity index (χ0) is 17.9. The number of para-hydroxylation sites is 1. The second-order valence-corrected chi connectivity index (χ2v) is 7.59. The van der Waals surface area contributed by atoms with E-state index < -0.39 is 0 Å². The van der Waals surface area contributed by atoms with Crippen molar-refractivity contribution < 1.29 is 4.79 Å². The Balaban J connectivity index is 1.76. The lowest BCUT2D eigenvalue weighted by atomic mass is 9.91. The van der Waals surface area contributed by atoms with Crippen molar-refractivity contribution >= 4 is 17.5 Å². The number of rotatable bonds is 3. The molecular formula is C20H25ClN4O. The molecule has 1 aromatic carbocycles. The highest BCUT2D eigenvalue weighted by molar-refractivity contribution is 6.32. The average molecular weight is 373 g/mol. The van der Waals surface area contributed by atoms with Crippen LogP contribution in [0.2, 0.25) is 5.02 Å². The molecule has 5 nitrogen and oxygen atoms in total. The second-order valence-electron chi connectivity index (χ2n) is 7.18. The van der Waals surface area contributed by atoms with E-state index in [0.29, 0.717) is 10.9 Å². The fraction of sp³-hybridized carbons (Fsp3) is 0.500. The fourth-order valence-electron chi connectivity index (χ4n) is 4.09. The number of carbonyl (C=O) groups excluding carboxylic acids is 1. The van der Waals surface area contributed by atoms with Gasteiger partial charge in [-0.1, -0.05) is 23.7 Å². The Bertz CT molecular complexity index is 776. The minimum Gasteiger partial charge on any atom is -0.339 e. The number of carbonyl (C=O) groups is 1. The third-order valence-electron chi connectivity index (χ3n) is 5.49. The number of nitrogens with zero attached hydrogens (tertiary/aromatic N) is 3. The van der Waals surface area contributed by atoms with Gasteiger partial charge in [-0.25, -0.2) is 4.68 Å². The smallest absolute Gasteiger partial charge is 0.257 e. The van der Waals surface area contributed by atoms with E-state index in [9.17, 15) is 4.79 Å². The molecule has 1 aromatic heterocycles. The molecule has 2 aliphatic heterocycles. The number of aromatic nitrogens is 2. The van der Waals surface area contributed by atoms with Crippen LogP contribution in [0.15, 0.2) is 30.5 Å². The molecular weight excluding hydrogens is 348 g/mol. The highest BCUT2D eigenvalue weighted by Gasteiger charge is 2.30. The maximum Gasteiger partial charge on any atom is 0.257 e. The molecule has 0 spiro atoms. The Hall–Kier alpha value is -1.85. The minimum absolute atomic E-state index is 0.122. The molecule has 4 rings (SSSR count). The van der Waals surface area contributed by atoms with Crippen LogP contribution in [0.1, 0.15) is 54.1 Å². The van der Waals surface area contributed by atoms with E-state index in [4.69, 9.17) is 11.6 Å². The maximum atomic E-state index is 13.2. The van der Waals surface area contributed by atoms with Gasteiger partial charge in [-0.3, -0.25) is 4.79 Å². The van der Waals surface area contributed by atoms with Gasteiger partial charge in [-0.15, -0.1) is 0 Å². The van der Waals surface area contributed by atoms with Gasteiger partial charge in [0.15, 0.2) is 0 Å². The van der Waals surface area contributed by atoms with E-state index in [1.54, 1.807) is 6.20 Å². The predicted octanol–water partition coefficient (Wildman–Crippen LogP) is 3.62. The number of amides is 1. The molecule has 3 heterocycles. The molecule has 2 saturated heterocycles. The third kappa shape index (κ3) is 3.38. The van der Waals surface area contributed by atoms with Crippen molar-refractivity contribution in [2.75, 3.05) is 26.2 Å². The molecule has 6 heteroatoms. The topological polar surface area (TPSA) is 50.2 Å². The average Bonchev–Trinajstić information content (AvgIpc) is 3.14. The number of benzene rings is 1. The van der Waals surface area contributed by atoms with Crippen LogP contribution in [-0.2, 0) is 0 Å². The van der Waals surface area contributed by atoms with Crippen molar-refractivity contribution in [3.63, 3.8) is 0 Å². The largest absolute Gasteiger partial charge is 0.339 e. The lowest BCUT2D eigenvalue weighted by Crippen LogP contribution is -2.36. The summed E-state index contributed by atoms with van der Waals surface area (Å²) >= 11 is 6.44. The summed E-state index contributed by atoms with van der Waals surface area (Å²) in [6, 6.07) is 7.71. The molecule has 138 valence electrons. The van der Waals surface area contributed by atoms with E-state index in [2.05, 4.69) is 10.4 Å². The van der Waals surface area contributed by atoms with Gasteiger partial charge in [0.05, 0.1) is 28.2 Å². The molecule has 1 amide bonds. The van der Waals surface area contributed by atoms with E-state index in [1.165, 1.54) is 6.42 Å². The molecule has 0 aliphatic carbocycles. The first-order valence-corrected chi connectivity index (χ1v) is 9.96. The lowest BCUT2D eigenvalue weighted by molar-refractivity contribution is 0.0722. The van der Waals surface area contributed by atoms with Crippen LogP contribution < -0.4 is 5.32 Å². The van der Waals surface area contributed by atoms with Crippen LogP contribution in [-0.4, -0.2) is 46.8 Å². The van der Waals surface area contributed by atoms with E-state index in [0.717, 1.165) is 68.8 Å². The van der Waals surface area contributed by atoms with E-state index in [1.807, 2.05) is 33.8 Å². The van der Waals surface area contributed by atoms with Crippen LogP contribution in [0.25, 0.3) is 5.69 Å². The summed E-state index contributed by atoms with van der Waals surface area (Å²) in [6.07, 6.45) is 7.16. The molecule has 1 N–H and O–H groups in total. The van der Waals surface area contributed by atoms with E-state index in [-0.39, 0.29) is 5.91 Å². The van der Waals surface area contributed by atoms with Crippen molar-refractivity contribution in [3.05, 3.63) is 46.7 Å². The molecule has 2 fully saturated rings. The first-order valence-electron chi connectivity index (χ1n) is 9.58. The summed E-state index contributed by atoms with van der Waals surface area (Å²) in [6.45, 7) is 3.63. The van der Waals surface area contributed by atoms with Gasteiger partial charge in [0, 0.05) is 19.0 Å². The summed E-state index contributed by atoms with van der Waals surface area (Å²) < 4.78 is 1.90. The van der Waals surface area contributed by atoms with Crippen LogP contribution in [0.5, 0.6) is 0 Å². The number of hydrogen-bond donors (Lipinski definition) is 1. The van der Waals surface area contributed by atoms with Gasteiger partial charge >= 0.3 is 0 Å². The van der Waals surface area contributed by atoms with Crippen LogP contribution in [0.4, 0.5) is 0 Å². The number of nitrogens with one attached hydrogen (secondary N) is 1. The molecule has 2 aromatic rings. The predicted molar refractivity (Wildman–Crippen MR) is 103 cm³/mol. The van der Waals surface area contributed by atoms with Crippen LogP contribution in [0, 0.1) is 0 Å². The van der Waals surface area contributed by atoms with Crippen LogP contribution >= 0.6 is 11.6 Å². The summed E-state index contributed by atoms with van der Waals surface area (Å²) in [5.74, 6) is 0.440. The van der Waals surface area contributed by atoms with Gasteiger partial charge in [0.2, 0.25) is 0 Å². The Morgan fingerprint density at radius 2 is 1.85 bits per heavy atom. The van der Waals surface area contributed by atoms with Gasteiger partial charge in [-0.2, -0.15) is 5.10 Å². The first-order chi connectivity index (χ1) is 12.8. The van der Waals surface area contributed by atoms with Crippen molar-refractivity contribution in [1.29, 1.82) is 0 Å². The normalized spacial score (nSPS) is 18.9. The highest BCUT2D eigenvalue weighted by atomic mass is 35.5. The Morgan fingerprint density at radius 1 is 1.12 bits per heavy atom. The Kier molecular flexibility index (Phi) is 5.27. The Labute approximate surface area is 159 Å². The zero-order valence-electron chi connectivity index (χ0n) is 15.0. The quantitative estimate of drug-likeness (QED) is 0.895. The number of likely N-dealkylation sites (tertiary alicyclic amines) is 1. The minimum atomic E-state index is 0.122. The molecule has 0 unspecified atom stereocenters. The molecule has 2 aliphatic rings. The lowest BCUT2D eigenvalue weighted by Gasteiger charge is -2.29. The maximum absolute atomic E-state index is 13.2. The van der Waals surface area contributed by atoms with Gasteiger partial charge < -0.3 is 10.2 Å². The van der Waals surface area contributed by atoms with E-state index >= 15 is 0 Å². The summed E-state index contributed by atoms with van der Waals surface area (Å²) in [5.41, 5.74) is 2.62. The number of piperidine rings is 2. The molecule has 0 bridgehead atoms. The molecule has 0 atom stereocenters. The number of hydrogen-bond acceptors (Lipinski definition) is 3. The molecule has 0 saturated carbocycles. The summed E-state index contributed by atoms with van der Waals surface area (Å²) in [5, 5.41) is 8.67. The van der Waals surface area contributed by atoms with Gasteiger partial charge in [0.1, 0.15) is 0 Å². The van der Waals surface area contributed by atoms with Gasteiger partial charge in [-0.05, 0) is 57.3 Å². The van der Waals surface area contributed by atoms with Crippen molar-refractivity contribution in [3.8, 4) is 5.69 Å². The monoisotopic (exact) mass is 372 g/mol. The van der Waals surface area contributed by atoms with Gasteiger partial charge in [0.25, 0.3) is 5.91 Å². The summed E-state index contributed by atoms with van der Waals surface area (Å²) in [7, 11) is 0. The zero-order valence-corrected chi connectivity index (χ0v) is 15.7. The second kappa shape index (κ2) is 7.80. The molecule has 0 radical (unpaired) electrons. The first kappa shape index (κ1) is 17.6. The van der Waals surface area contributed by atoms with Crippen molar-refractivity contribution in [2.24, 2.45) is 0 Å². The standard InChI is InChI=1S/C20H25ClN4O/c21-17-6-2-3-7-18(17)25-19(15-8-10-22-11-9-15)16(14-23-25)20(26)24-12-4-1-5-13-24/h2-3,6-7,14-15,22H,1,4-5,8-13H2. The fourth-order valence-corrected chi connectivity index (χ4v) is 4.31. The van der Waals surface area contributed by atoms with Crippen LogP contribution in [0.3, 0.4) is 0 Å². The SMILES string of the molecule is O=C(c1cnn(-c2ccccc2Cl)c1C1CCNCC1)N1CCCCC1. The van der Waals surface area contributed by atoms with Crippen molar-refractivity contribution in [2.45, 2.75) is 38.0 Å². The third-order valence-corrected chi connectivity index (χ3v) is 5.81. The summed E-state index contributed by atoms with van der Waals surface area (Å²) in [4.78, 5) is 15.2. The highest BCUT2D eigenvalue weighted by Crippen LogP contribution is 2.33. The van der Waals surface area contributed by atoms with Crippen molar-refractivity contribution in [1.82, 2.24) is 20.0 Å². The Morgan fingerprint density at radius 3 is 2.58 bits per heavy atom.